The maximum absolute atomic E-state index is 14.7. The molecule has 1 saturated heterocycles. The minimum atomic E-state index is -0.573. The zero-order valence-corrected chi connectivity index (χ0v) is 28.2. The molecule has 46 heavy (non-hydrogen) atoms. The highest BCUT2D eigenvalue weighted by molar-refractivity contribution is 5.94. The van der Waals surface area contributed by atoms with Crippen LogP contribution in [0.15, 0.2) is 88.5 Å². The largest absolute Gasteiger partial charge is 0.338 e. The number of likely N-dealkylation sites (tertiary alicyclic amines) is 1. The summed E-state index contributed by atoms with van der Waals surface area (Å²) in [7, 11) is 0. The van der Waals surface area contributed by atoms with E-state index in [0.29, 0.717) is 35.6 Å². The number of piperidine rings is 1. The SMILES string of the molecule is C/C=C\C.CCCN(CC)C1CCN(C(=O)c2cc(Cn3c(=O)[nH]c(=O)c4ccccc43)ccc2F)CC1.Cc1ccccc1C. The molecule has 7 nitrogen and oxygen atoms in total. The molecule has 246 valence electrons. The highest BCUT2D eigenvalue weighted by Crippen LogP contribution is 2.21. The van der Waals surface area contributed by atoms with Crippen molar-refractivity contribution in [2.24, 2.45) is 0 Å². The normalized spacial score (nSPS) is 13.3. The van der Waals surface area contributed by atoms with E-state index in [1.54, 1.807) is 35.2 Å². The van der Waals surface area contributed by atoms with Crippen molar-refractivity contribution in [1.82, 2.24) is 19.4 Å². The Labute approximate surface area is 272 Å². The van der Waals surface area contributed by atoms with Gasteiger partial charge in [0.1, 0.15) is 5.82 Å². The second-order valence-corrected chi connectivity index (χ2v) is 11.6. The standard InChI is InChI=1S/C26H31FN4O3.C8H10.C4H8/c1-3-13-29(4-2)19-11-14-30(15-12-19)25(33)21-16-18(9-10-22(21)27)17-31-23-8-6-5-7-20(23)24(32)28-26(31)34;1-7-5-3-4-6-8(7)2;1-3-4-2/h5-10,16,19H,3-4,11-15,17H2,1-2H3,(H,28,32,34);3-6H,1-2H3;3-4H,1-2H3/b;;4-3-. The molecule has 4 aromatic rings. The number of aromatic nitrogens is 2. The van der Waals surface area contributed by atoms with Crippen LogP contribution in [0.3, 0.4) is 0 Å². The number of hydrogen-bond acceptors (Lipinski definition) is 4. The number of aromatic amines is 1. The number of allylic oxidation sites excluding steroid dienone is 2. The van der Waals surface area contributed by atoms with Crippen LogP contribution < -0.4 is 11.2 Å². The van der Waals surface area contributed by atoms with E-state index in [1.165, 1.54) is 27.8 Å². The number of rotatable bonds is 7. The van der Waals surface area contributed by atoms with Gasteiger partial charge in [-0.05, 0) is 101 Å². The number of benzene rings is 3. The molecule has 0 atom stereocenters. The summed E-state index contributed by atoms with van der Waals surface area (Å²) in [5.74, 6) is -0.897. The molecule has 0 bridgehead atoms. The summed E-state index contributed by atoms with van der Waals surface area (Å²) in [5, 5.41) is 0.396. The third-order valence-electron chi connectivity index (χ3n) is 8.45. The maximum atomic E-state index is 14.7. The van der Waals surface area contributed by atoms with Crippen molar-refractivity contribution < 1.29 is 9.18 Å². The smallest absolute Gasteiger partial charge is 0.329 e. The number of nitrogens with one attached hydrogen (secondary N) is 1. The van der Waals surface area contributed by atoms with E-state index in [4.69, 9.17) is 0 Å². The van der Waals surface area contributed by atoms with E-state index in [9.17, 15) is 18.8 Å². The molecule has 0 radical (unpaired) electrons. The number of carbonyl (C=O) groups is 1. The molecule has 0 saturated carbocycles. The Hall–Kier alpha value is -4.30. The Bertz CT molecular complexity index is 1690. The molecule has 0 spiro atoms. The van der Waals surface area contributed by atoms with Gasteiger partial charge in [0.2, 0.25) is 0 Å². The van der Waals surface area contributed by atoms with Crippen molar-refractivity contribution >= 4 is 16.8 Å². The highest BCUT2D eigenvalue weighted by atomic mass is 19.1. The molecule has 1 aliphatic heterocycles. The van der Waals surface area contributed by atoms with Crippen molar-refractivity contribution in [3.8, 4) is 0 Å². The fourth-order valence-electron chi connectivity index (χ4n) is 5.57. The summed E-state index contributed by atoms with van der Waals surface area (Å²) < 4.78 is 16.1. The summed E-state index contributed by atoms with van der Waals surface area (Å²) in [6.45, 7) is 15.9. The van der Waals surface area contributed by atoms with Crippen LogP contribution in [0.4, 0.5) is 4.39 Å². The van der Waals surface area contributed by atoms with Crippen molar-refractivity contribution in [2.45, 2.75) is 73.4 Å². The Morgan fingerprint density at radius 3 is 2.11 bits per heavy atom. The molecule has 3 aromatic carbocycles. The molecular formula is C38H49FN4O3. The van der Waals surface area contributed by atoms with Gasteiger partial charge in [0.05, 0.1) is 23.0 Å². The van der Waals surface area contributed by atoms with Gasteiger partial charge in [-0.1, -0.05) is 68.5 Å². The fourth-order valence-corrected chi connectivity index (χ4v) is 5.57. The van der Waals surface area contributed by atoms with Crippen molar-refractivity contribution in [2.75, 3.05) is 26.2 Å². The zero-order chi connectivity index (χ0) is 33.6. The molecule has 1 aliphatic rings. The fraction of sp³-hybridized carbons (Fsp3) is 0.395. The van der Waals surface area contributed by atoms with Crippen LogP contribution in [0.2, 0.25) is 0 Å². The van der Waals surface area contributed by atoms with E-state index < -0.39 is 17.1 Å². The Morgan fingerprint density at radius 1 is 0.935 bits per heavy atom. The topological polar surface area (TPSA) is 78.4 Å². The van der Waals surface area contributed by atoms with Crippen LogP contribution in [-0.4, -0.2) is 57.5 Å². The van der Waals surface area contributed by atoms with Crippen LogP contribution in [0, 0.1) is 19.7 Å². The first kappa shape index (κ1) is 36.2. The van der Waals surface area contributed by atoms with Gasteiger partial charge in [-0.3, -0.25) is 19.1 Å². The van der Waals surface area contributed by atoms with Gasteiger partial charge in [-0.25, -0.2) is 9.18 Å². The van der Waals surface area contributed by atoms with Gasteiger partial charge in [0.15, 0.2) is 0 Å². The summed E-state index contributed by atoms with van der Waals surface area (Å²) in [5.41, 5.74) is 2.85. The lowest BCUT2D eigenvalue weighted by atomic mass is 10.0. The molecule has 1 N–H and O–H groups in total. The number of H-pyrrole nitrogens is 1. The number of aryl methyl sites for hydroxylation is 2. The maximum Gasteiger partial charge on any atom is 0.329 e. The quantitative estimate of drug-likeness (QED) is 0.222. The lowest BCUT2D eigenvalue weighted by molar-refractivity contribution is 0.0620. The molecule has 8 heteroatoms. The van der Waals surface area contributed by atoms with Crippen molar-refractivity contribution in [3.63, 3.8) is 0 Å². The summed E-state index contributed by atoms with van der Waals surface area (Å²) in [6, 6.07) is 20.0. The summed E-state index contributed by atoms with van der Waals surface area (Å²) in [4.78, 5) is 44.3. The lowest BCUT2D eigenvalue weighted by Crippen LogP contribution is -2.47. The van der Waals surface area contributed by atoms with E-state index in [1.807, 2.05) is 26.0 Å². The van der Waals surface area contributed by atoms with Crippen LogP contribution in [0.5, 0.6) is 0 Å². The van der Waals surface area contributed by atoms with Crippen molar-refractivity contribution in [3.05, 3.63) is 128 Å². The second-order valence-electron chi connectivity index (χ2n) is 11.6. The first-order valence-corrected chi connectivity index (χ1v) is 16.3. The Kier molecular flexibility index (Phi) is 14.2. The third-order valence-corrected chi connectivity index (χ3v) is 8.45. The Morgan fingerprint density at radius 2 is 1.54 bits per heavy atom. The zero-order valence-electron chi connectivity index (χ0n) is 28.2. The molecule has 1 fully saturated rings. The predicted octanol–water partition coefficient (Wildman–Crippen LogP) is 7.10. The lowest BCUT2D eigenvalue weighted by Gasteiger charge is -2.38. The van der Waals surface area contributed by atoms with E-state index in [0.717, 1.165) is 32.4 Å². The molecule has 0 unspecified atom stereocenters. The minimum absolute atomic E-state index is 0.0126. The van der Waals surface area contributed by atoms with Gasteiger partial charge >= 0.3 is 5.69 Å². The van der Waals surface area contributed by atoms with Gasteiger partial charge in [0.25, 0.3) is 11.5 Å². The number of halogens is 1. The summed E-state index contributed by atoms with van der Waals surface area (Å²) in [6.07, 6.45) is 6.85. The average Bonchev–Trinajstić information content (AvgIpc) is 3.08. The van der Waals surface area contributed by atoms with Gasteiger partial charge in [0, 0.05) is 19.1 Å². The molecule has 1 amide bonds. The van der Waals surface area contributed by atoms with Crippen LogP contribution >= 0.6 is 0 Å². The first-order valence-electron chi connectivity index (χ1n) is 16.3. The van der Waals surface area contributed by atoms with Gasteiger partial charge in [-0.2, -0.15) is 0 Å². The van der Waals surface area contributed by atoms with Crippen LogP contribution in [-0.2, 0) is 6.54 Å². The summed E-state index contributed by atoms with van der Waals surface area (Å²) >= 11 is 0. The average molecular weight is 629 g/mol. The Balaban J connectivity index is 0.000000404. The monoisotopic (exact) mass is 628 g/mol. The van der Waals surface area contributed by atoms with E-state index in [-0.39, 0.29) is 18.0 Å². The van der Waals surface area contributed by atoms with Crippen LogP contribution in [0.25, 0.3) is 10.9 Å². The van der Waals surface area contributed by atoms with Crippen molar-refractivity contribution in [1.29, 1.82) is 0 Å². The molecule has 1 aromatic heterocycles. The first-order chi connectivity index (χ1) is 22.1. The highest BCUT2D eigenvalue weighted by Gasteiger charge is 2.28. The number of carbonyl (C=O) groups excluding carboxylic acids is 1. The third kappa shape index (κ3) is 9.60. The molecular weight excluding hydrogens is 579 g/mol. The van der Waals surface area contributed by atoms with Gasteiger partial charge < -0.3 is 9.80 Å². The van der Waals surface area contributed by atoms with Gasteiger partial charge in [-0.15, -0.1) is 0 Å². The molecule has 5 rings (SSSR count). The minimum Gasteiger partial charge on any atom is -0.338 e. The number of amides is 1. The number of para-hydroxylation sites is 1. The number of fused-ring (bicyclic) bond motifs is 1. The number of nitrogens with zero attached hydrogens (tertiary/aromatic N) is 3. The van der Waals surface area contributed by atoms with E-state index in [2.05, 4.69) is 61.8 Å². The number of hydrogen-bond donors (Lipinski definition) is 1. The molecule has 2 heterocycles. The van der Waals surface area contributed by atoms with Crippen LogP contribution in [0.1, 0.15) is 74.0 Å². The van der Waals surface area contributed by atoms with E-state index >= 15 is 0 Å². The predicted molar refractivity (Wildman–Crippen MR) is 187 cm³/mol. The molecule has 0 aliphatic carbocycles. The second kappa shape index (κ2) is 18.0.